The normalized spacial score (nSPS) is 14.1. The monoisotopic (exact) mass is 515 g/mol. The van der Waals surface area contributed by atoms with Crippen LogP contribution in [0.5, 0.6) is 0 Å². The average molecular weight is 516 g/mol. The fraction of sp³-hybridized carbons (Fsp3) is 0.0811. The molecule has 8 aromatic rings. The molecule has 1 aliphatic carbocycles. The van der Waals surface area contributed by atoms with Gasteiger partial charge in [-0.2, -0.15) is 0 Å². The van der Waals surface area contributed by atoms with E-state index in [-0.39, 0.29) is 5.41 Å². The smallest absolute Gasteiger partial charge is 0.0625 e. The Labute approximate surface area is 230 Å². The lowest BCUT2D eigenvalue weighted by Gasteiger charge is -2.24. The molecule has 1 aliphatic rings. The van der Waals surface area contributed by atoms with Gasteiger partial charge in [-0.1, -0.05) is 105 Å². The first-order chi connectivity index (χ1) is 19.1. The molecule has 0 saturated heterocycles. The van der Waals surface area contributed by atoms with Gasteiger partial charge in [0.15, 0.2) is 0 Å². The second kappa shape index (κ2) is 7.37. The van der Waals surface area contributed by atoms with E-state index in [1.807, 2.05) is 11.3 Å². The number of para-hydroxylation sites is 1. The average Bonchev–Trinajstić information content (AvgIpc) is 3.59. The van der Waals surface area contributed by atoms with Crippen molar-refractivity contribution in [3.8, 4) is 16.8 Å². The summed E-state index contributed by atoms with van der Waals surface area (Å²) in [5.41, 5.74) is 9.36. The van der Waals surface area contributed by atoms with Crippen molar-refractivity contribution < 1.29 is 0 Å². The summed E-state index contributed by atoms with van der Waals surface area (Å²) in [6.45, 7) is 4.79. The first-order valence-electron chi connectivity index (χ1n) is 13.6. The van der Waals surface area contributed by atoms with Crippen LogP contribution in [-0.2, 0) is 5.41 Å². The van der Waals surface area contributed by atoms with Gasteiger partial charge in [-0.15, -0.1) is 11.3 Å². The second-order valence-corrected chi connectivity index (χ2v) is 12.4. The van der Waals surface area contributed by atoms with Crippen LogP contribution in [0.2, 0.25) is 0 Å². The fourth-order valence-electron chi connectivity index (χ4n) is 7.34. The summed E-state index contributed by atoms with van der Waals surface area (Å²) in [6.07, 6.45) is 0. The number of aromatic nitrogens is 1. The fourth-order valence-corrected chi connectivity index (χ4v) is 8.48. The summed E-state index contributed by atoms with van der Waals surface area (Å²) in [4.78, 5) is 0. The van der Waals surface area contributed by atoms with Crippen LogP contribution in [0.4, 0.5) is 0 Å². The highest BCUT2D eigenvalue weighted by molar-refractivity contribution is 7.25. The van der Waals surface area contributed by atoms with Gasteiger partial charge in [-0.05, 0) is 51.9 Å². The van der Waals surface area contributed by atoms with Crippen LogP contribution in [0.3, 0.4) is 0 Å². The molecule has 6 aromatic carbocycles. The number of benzene rings is 6. The minimum Gasteiger partial charge on any atom is -0.309 e. The zero-order valence-corrected chi connectivity index (χ0v) is 22.6. The number of rotatable bonds is 1. The van der Waals surface area contributed by atoms with Gasteiger partial charge in [-0.3, -0.25) is 0 Å². The third-order valence-electron chi connectivity index (χ3n) is 8.94. The van der Waals surface area contributed by atoms with Gasteiger partial charge in [0, 0.05) is 47.4 Å². The topological polar surface area (TPSA) is 4.93 Å². The van der Waals surface area contributed by atoms with Crippen molar-refractivity contribution in [3.63, 3.8) is 0 Å². The zero-order valence-electron chi connectivity index (χ0n) is 21.8. The molecule has 184 valence electrons. The van der Waals surface area contributed by atoms with Gasteiger partial charge in [0.2, 0.25) is 0 Å². The molecule has 0 radical (unpaired) electrons. The summed E-state index contributed by atoms with van der Waals surface area (Å²) >= 11 is 1.88. The van der Waals surface area contributed by atoms with Gasteiger partial charge in [0.05, 0.1) is 11.0 Å². The van der Waals surface area contributed by atoms with E-state index in [2.05, 4.69) is 134 Å². The Balaban J connectivity index is 1.51. The number of hydrogen-bond donors (Lipinski definition) is 0. The standard InChI is InChI=1S/C37H25NS/c1-37(2)29-16-8-5-14-27(29)33-34-28-15-6-9-17-30(28)38(36(34)26-13-4-3-12-25(26)35(33)37)22-19-20-24-23-11-7-10-18-31(23)39-32(24)21-22/h3-21H,1-2H3. The van der Waals surface area contributed by atoms with Gasteiger partial charge in [0.1, 0.15) is 0 Å². The highest BCUT2D eigenvalue weighted by Crippen LogP contribution is 2.56. The lowest BCUT2D eigenvalue weighted by Crippen LogP contribution is -2.15. The van der Waals surface area contributed by atoms with E-state index >= 15 is 0 Å². The van der Waals surface area contributed by atoms with Crippen molar-refractivity contribution in [2.45, 2.75) is 19.3 Å². The Morgan fingerprint density at radius 1 is 0.590 bits per heavy atom. The molecule has 2 aromatic heterocycles. The summed E-state index contributed by atoms with van der Waals surface area (Å²) < 4.78 is 5.19. The molecule has 39 heavy (non-hydrogen) atoms. The third-order valence-corrected chi connectivity index (χ3v) is 10.1. The number of fused-ring (bicyclic) bond motifs is 13. The zero-order chi connectivity index (χ0) is 25.9. The molecular formula is C37H25NS. The predicted octanol–water partition coefficient (Wildman–Crippen LogP) is 10.6. The predicted molar refractivity (Wildman–Crippen MR) is 169 cm³/mol. The van der Waals surface area contributed by atoms with Crippen molar-refractivity contribution in [1.82, 2.24) is 4.57 Å². The summed E-state index contributed by atoms with van der Waals surface area (Å²) in [5.74, 6) is 0. The lowest BCUT2D eigenvalue weighted by atomic mass is 9.79. The third kappa shape index (κ3) is 2.65. The van der Waals surface area contributed by atoms with Gasteiger partial charge < -0.3 is 4.57 Å². The second-order valence-electron chi connectivity index (χ2n) is 11.3. The van der Waals surface area contributed by atoms with Crippen molar-refractivity contribution >= 4 is 64.1 Å². The van der Waals surface area contributed by atoms with Gasteiger partial charge in [-0.25, -0.2) is 0 Å². The molecule has 0 bridgehead atoms. The van der Waals surface area contributed by atoms with E-state index in [1.165, 1.54) is 80.7 Å². The Bertz CT molecular complexity index is 2310. The van der Waals surface area contributed by atoms with E-state index in [0.29, 0.717) is 0 Å². The maximum atomic E-state index is 2.52. The highest BCUT2D eigenvalue weighted by Gasteiger charge is 2.39. The molecule has 2 heteroatoms. The van der Waals surface area contributed by atoms with E-state index in [0.717, 1.165) is 0 Å². The highest BCUT2D eigenvalue weighted by atomic mass is 32.1. The SMILES string of the molecule is CC1(C)c2ccccc2-c2c1c1ccccc1c1c2c2ccccc2n1-c1ccc2c(c1)sc1ccccc12. The Hall–Kier alpha value is -4.40. The molecule has 0 saturated carbocycles. The van der Waals surface area contributed by atoms with Gasteiger partial charge in [0.25, 0.3) is 0 Å². The maximum Gasteiger partial charge on any atom is 0.0625 e. The number of hydrogen-bond acceptors (Lipinski definition) is 1. The lowest BCUT2D eigenvalue weighted by molar-refractivity contribution is 0.666. The Morgan fingerprint density at radius 3 is 2.13 bits per heavy atom. The van der Waals surface area contributed by atoms with E-state index < -0.39 is 0 Å². The van der Waals surface area contributed by atoms with Crippen LogP contribution in [-0.4, -0.2) is 4.57 Å². The Morgan fingerprint density at radius 2 is 1.26 bits per heavy atom. The van der Waals surface area contributed by atoms with E-state index in [1.54, 1.807) is 0 Å². The van der Waals surface area contributed by atoms with Crippen LogP contribution in [0.1, 0.15) is 25.0 Å². The maximum absolute atomic E-state index is 2.52. The molecule has 0 aliphatic heterocycles. The molecule has 9 rings (SSSR count). The number of thiophene rings is 1. The largest absolute Gasteiger partial charge is 0.309 e. The minimum absolute atomic E-state index is 0.0705. The molecule has 0 atom stereocenters. The van der Waals surface area contributed by atoms with E-state index in [4.69, 9.17) is 0 Å². The molecule has 0 fully saturated rings. The first-order valence-corrected chi connectivity index (χ1v) is 14.4. The Kier molecular flexibility index (Phi) is 4.07. The summed E-state index contributed by atoms with van der Waals surface area (Å²) in [6, 6.07) is 42.8. The van der Waals surface area contributed by atoms with Crippen molar-refractivity contribution in [3.05, 3.63) is 126 Å². The molecule has 0 spiro atoms. The first kappa shape index (κ1) is 21.5. The summed E-state index contributed by atoms with van der Waals surface area (Å²) in [7, 11) is 0. The quantitative estimate of drug-likeness (QED) is 0.205. The van der Waals surface area contributed by atoms with Crippen molar-refractivity contribution in [2.24, 2.45) is 0 Å². The van der Waals surface area contributed by atoms with E-state index in [9.17, 15) is 0 Å². The molecule has 2 heterocycles. The molecule has 0 amide bonds. The minimum atomic E-state index is -0.0705. The van der Waals surface area contributed by atoms with Crippen LogP contribution < -0.4 is 0 Å². The van der Waals surface area contributed by atoms with Crippen molar-refractivity contribution in [2.75, 3.05) is 0 Å². The molecular weight excluding hydrogens is 490 g/mol. The van der Waals surface area contributed by atoms with Crippen LogP contribution in [0.25, 0.3) is 69.6 Å². The molecule has 0 N–H and O–H groups in total. The molecule has 1 nitrogen and oxygen atoms in total. The number of nitrogens with zero attached hydrogens (tertiary/aromatic N) is 1. The van der Waals surface area contributed by atoms with Crippen LogP contribution >= 0.6 is 11.3 Å². The van der Waals surface area contributed by atoms with Gasteiger partial charge >= 0.3 is 0 Å². The van der Waals surface area contributed by atoms with Crippen LogP contribution in [0, 0.1) is 0 Å². The van der Waals surface area contributed by atoms with Crippen LogP contribution in [0.15, 0.2) is 115 Å². The summed E-state index contributed by atoms with van der Waals surface area (Å²) in [5, 5.41) is 8.04. The molecule has 0 unspecified atom stereocenters. The van der Waals surface area contributed by atoms with Crippen molar-refractivity contribution in [1.29, 1.82) is 0 Å².